The van der Waals surface area contributed by atoms with Gasteiger partial charge in [0, 0.05) is 49.9 Å². The van der Waals surface area contributed by atoms with Crippen LogP contribution in [-0.2, 0) is 9.47 Å². The first-order valence-corrected chi connectivity index (χ1v) is 14.8. The van der Waals surface area contributed by atoms with Crippen molar-refractivity contribution >= 4 is 28.9 Å². The van der Waals surface area contributed by atoms with E-state index in [0.717, 1.165) is 44.7 Å². The summed E-state index contributed by atoms with van der Waals surface area (Å²) in [4.78, 5) is 35.4. The average molecular weight is 574 g/mol. The molecule has 0 bridgehead atoms. The number of anilines is 3. The van der Waals surface area contributed by atoms with Gasteiger partial charge >= 0.3 is 0 Å². The van der Waals surface area contributed by atoms with E-state index in [1.165, 1.54) is 17.5 Å². The monoisotopic (exact) mass is 573 g/mol. The first kappa shape index (κ1) is 28.2. The Morgan fingerprint density at radius 2 is 1.74 bits per heavy atom. The minimum Gasteiger partial charge on any atom is -0.448 e. The van der Waals surface area contributed by atoms with Gasteiger partial charge < -0.3 is 34.3 Å². The molecular weight excluding hydrogens is 534 g/mol. The zero-order valence-electron chi connectivity index (χ0n) is 24.5. The molecule has 2 saturated heterocycles. The van der Waals surface area contributed by atoms with Crippen LogP contribution in [0.2, 0.25) is 0 Å². The predicted molar refractivity (Wildman–Crippen MR) is 160 cm³/mol. The smallest absolute Gasteiger partial charge is 0.277 e. The molecule has 3 fully saturated rings. The second-order valence-corrected chi connectivity index (χ2v) is 11.8. The Hall–Kier alpha value is -3.89. The maximum Gasteiger partial charge on any atom is 0.277 e. The fourth-order valence-corrected chi connectivity index (χ4v) is 5.61. The molecule has 6 rings (SSSR count). The van der Waals surface area contributed by atoms with Crippen molar-refractivity contribution in [3.8, 4) is 0 Å². The zero-order valence-corrected chi connectivity index (χ0v) is 24.5. The third kappa shape index (κ3) is 6.44. The fraction of sp³-hybridized carbons (Fsp3) is 0.469. The summed E-state index contributed by atoms with van der Waals surface area (Å²) in [6.07, 6.45) is 4.08. The molecule has 42 heavy (non-hydrogen) atoms. The fourth-order valence-electron chi connectivity index (χ4n) is 5.61. The number of rotatable bonds is 9. The summed E-state index contributed by atoms with van der Waals surface area (Å²) in [5.41, 5.74) is 4.65. The van der Waals surface area contributed by atoms with Crippen molar-refractivity contribution in [2.75, 3.05) is 54.4 Å². The lowest BCUT2D eigenvalue weighted by atomic mass is 10.1. The van der Waals surface area contributed by atoms with Gasteiger partial charge in [-0.1, -0.05) is 18.2 Å². The molecule has 1 saturated carbocycles. The minimum atomic E-state index is -0.591. The molecule has 2 aromatic carbocycles. The van der Waals surface area contributed by atoms with Crippen LogP contribution in [-0.4, -0.2) is 68.0 Å². The molecule has 3 aliphatic rings. The summed E-state index contributed by atoms with van der Waals surface area (Å²) in [6, 6.07) is 13.9. The van der Waals surface area contributed by atoms with E-state index in [0.29, 0.717) is 42.6 Å². The van der Waals surface area contributed by atoms with Gasteiger partial charge in [-0.3, -0.25) is 9.59 Å². The number of nitrogens with one attached hydrogen (secondary N) is 2. The van der Waals surface area contributed by atoms with Crippen molar-refractivity contribution in [2.45, 2.75) is 57.8 Å². The van der Waals surface area contributed by atoms with Crippen molar-refractivity contribution in [1.82, 2.24) is 10.3 Å². The number of carbonyl (C=O) groups excluding carboxylic acids is 2. The Labute approximate surface area is 246 Å². The molecule has 10 nitrogen and oxygen atoms in total. The van der Waals surface area contributed by atoms with Crippen LogP contribution in [0.25, 0.3) is 0 Å². The van der Waals surface area contributed by atoms with Crippen molar-refractivity contribution in [3.05, 3.63) is 71.4 Å². The van der Waals surface area contributed by atoms with E-state index in [-0.39, 0.29) is 23.6 Å². The Bertz CT molecular complexity index is 1440. The van der Waals surface area contributed by atoms with Gasteiger partial charge in [0.15, 0.2) is 17.4 Å². The summed E-state index contributed by atoms with van der Waals surface area (Å²) in [5, 5.41) is 6.00. The van der Waals surface area contributed by atoms with E-state index in [1.54, 1.807) is 6.07 Å². The first-order valence-electron chi connectivity index (χ1n) is 14.8. The van der Waals surface area contributed by atoms with Crippen molar-refractivity contribution in [1.29, 1.82) is 0 Å². The highest BCUT2D eigenvalue weighted by atomic mass is 16.7. The quantitative estimate of drug-likeness (QED) is 0.379. The van der Waals surface area contributed by atoms with Gasteiger partial charge in [0.25, 0.3) is 11.8 Å². The molecular formula is C32H39N5O5. The summed E-state index contributed by atoms with van der Waals surface area (Å²) in [6.45, 7) is 10.1. The Morgan fingerprint density at radius 1 is 1.00 bits per heavy atom. The van der Waals surface area contributed by atoms with Crippen molar-refractivity contribution in [2.24, 2.45) is 0 Å². The number of aromatic nitrogens is 1. The van der Waals surface area contributed by atoms with Crippen molar-refractivity contribution in [3.63, 3.8) is 0 Å². The number of aryl methyl sites for hydroxylation is 1. The lowest BCUT2D eigenvalue weighted by Crippen LogP contribution is -2.47. The Morgan fingerprint density at radius 3 is 2.43 bits per heavy atom. The molecule has 3 heterocycles. The lowest BCUT2D eigenvalue weighted by Gasteiger charge is -2.38. The van der Waals surface area contributed by atoms with Crippen LogP contribution >= 0.6 is 0 Å². The lowest BCUT2D eigenvalue weighted by molar-refractivity contribution is -0.138. The number of hydrogen-bond donors (Lipinski definition) is 2. The number of oxazole rings is 1. The maximum absolute atomic E-state index is 13.2. The SMILES string of the molecule is Cc1ccccc1N1CCN(c2ccc(C(=O)NCC[C@H]3COC(C)(C)O3)cc2NC(=O)c2coc(C3CC3)n2)CC1. The third-order valence-electron chi connectivity index (χ3n) is 8.08. The van der Waals surface area contributed by atoms with Crippen LogP contribution in [0.5, 0.6) is 0 Å². The van der Waals surface area contributed by atoms with E-state index < -0.39 is 5.79 Å². The number of carbonyl (C=O) groups is 2. The molecule has 222 valence electrons. The molecule has 2 N–H and O–H groups in total. The molecule has 0 unspecified atom stereocenters. The summed E-state index contributed by atoms with van der Waals surface area (Å²) < 4.78 is 17.0. The molecule has 2 aliphatic heterocycles. The van der Waals surface area contributed by atoms with Crippen LogP contribution in [0.1, 0.15) is 71.3 Å². The second-order valence-electron chi connectivity index (χ2n) is 11.8. The molecule has 2 amide bonds. The van der Waals surface area contributed by atoms with Gasteiger partial charge in [-0.2, -0.15) is 0 Å². The number of benzene rings is 2. The van der Waals surface area contributed by atoms with Crippen LogP contribution in [0, 0.1) is 6.92 Å². The van der Waals surface area contributed by atoms with E-state index >= 15 is 0 Å². The largest absolute Gasteiger partial charge is 0.448 e. The first-order chi connectivity index (χ1) is 20.3. The molecule has 0 radical (unpaired) electrons. The number of amides is 2. The summed E-state index contributed by atoms with van der Waals surface area (Å²) in [7, 11) is 0. The highest BCUT2D eigenvalue weighted by Gasteiger charge is 2.32. The van der Waals surface area contributed by atoms with E-state index in [9.17, 15) is 9.59 Å². The highest BCUT2D eigenvalue weighted by Crippen LogP contribution is 2.39. The number of ether oxygens (including phenoxy) is 2. The van der Waals surface area contributed by atoms with Crippen LogP contribution in [0.4, 0.5) is 17.1 Å². The predicted octanol–water partition coefficient (Wildman–Crippen LogP) is 4.71. The summed E-state index contributed by atoms with van der Waals surface area (Å²) in [5.74, 6) is -0.236. The summed E-state index contributed by atoms with van der Waals surface area (Å²) >= 11 is 0. The maximum atomic E-state index is 13.2. The topological polar surface area (TPSA) is 109 Å². The Balaban J connectivity index is 1.16. The van der Waals surface area contributed by atoms with Gasteiger partial charge in [0.05, 0.1) is 24.1 Å². The normalized spacial score (nSPS) is 20.0. The van der Waals surface area contributed by atoms with E-state index in [4.69, 9.17) is 13.9 Å². The van der Waals surface area contributed by atoms with Gasteiger partial charge in [-0.15, -0.1) is 0 Å². The Kier molecular flexibility index (Phi) is 7.92. The number of para-hydroxylation sites is 1. The number of nitrogens with zero attached hydrogens (tertiary/aromatic N) is 3. The molecule has 1 aromatic heterocycles. The zero-order chi connectivity index (χ0) is 29.3. The number of hydrogen-bond acceptors (Lipinski definition) is 8. The van der Waals surface area contributed by atoms with Gasteiger partial charge in [-0.05, 0) is 69.9 Å². The van der Waals surface area contributed by atoms with Gasteiger partial charge in [-0.25, -0.2) is 4.98 Å². The van der Waals surface area contributed by atoms with Crippen LogP contribution < -0.4 is 20.4 Å². The average Bonchev–Trinajstić information content (AvgIpc) is 3.60. The van der Waals surface area contributed by atoms with Gasteiger partial charge in [0.2, 0.25) is 0 Å². The minimum absolute atomic E-state index is 0.0566. The standard InChI is InChI=1S/C32H39N5O5/c1-21-6-4-5-7-27(21)36-14-16-37(17-15-36)28-11-10-23(29(38)33-13-12-24-19-41-32(2,3)42-24)18-25(28)34-30(39)26-20-40-31(35-26)22-8-9-22/h4-7,10-11,18,20,22,24H,8-9,12-17,19H2,1-3H3,(H,33,38)(H,34,39)/t24-/m0/s1. The molecule has 1 atom stereocenters. The van der Waals surface area contributed by atoms with Gasteiger partial charge in [0.1, 0.15) is 6.26 Å². The van der Waals surface area contributed by atoms with Crippen molar-refractivity contribution < 1.29 is 23.5 Å². The third-order valence-corrected chi connectivity index (χ3v) is 8.08. The van der Waals surface area contributed by atoms with E-state index in [1.807, 2.05) is 26.0 Å². The molecule has 1 aliphatic carbocycles. The van der Waals surface area contributed by atoms with Crippen LogP contribution in [0.15, 0.2) is 53.1 Å². The molecule has 0 spiro atoms. The molecule has 3 aromatic rings. The highest BCUT2D eigenvalue weighted by molar-refractivity contribution is 6.06. The molecule has 10 heteroatoms. The van der Waals surface area contributed by atoms with E-state index in [2.05, 4.69) is 56.6 Å². The second kappa shape index (κ2) is 11.8. The van der Waals surface area contributed by atoms with Crippen LogP contribution in [0.3, 0.4) is 0 Å². The number of piperazine rings is 1.